The minimum absolute atomic E-state index is 0.146. The normalized spacial score (nSPS) is 26.2. The van der Waals surface area contributed by atoms with Gasteiger partial charge in [-0.15, -0.1) is 0 Å². The van der Waals surface area contributed by atoms with Crippen molar-refractivity contribution in [3.05, 3.63) is 28.8 Å². The summed E-state index contributed by atoms with van der Waals surface area (Å²) in [5.74, 6) is 1.63. The van der Waals surface area contributed by atoms with Gasteiger partial charge in [0.25, 0.3) is 11.8 Å². The molecule has 1 aromatic rings. The lowest BCUT2D eigenvalue weighted by Crippen LogP contribution is -2.42. The summed E-state index contributed by atoms with van der Waals surface area (Å²) >= 11 is 5.85. The van der Waals surface area contributed by atoms with Gasteiger partial charge in [0.15, 0.2) is 6.61 Å². The van der Waals surface area contributed by atoms with Gasteiger partial charge in [-0.05, 0) is 62.1 Å². The third-order valence-corrected chi connectivity index (χ3v) is 5.62. The first-order valence-corrected chi connectivity index (χ1v) is 8.83. The number of nitrogens with two attached hydrogens (primary N) is 1. The Kier molecular flexibility index (Phi) is 4.99. The van der Waals surface area contributed by atoms with E-state index in [9.17, 15) is 9.59 Å². The van der Waals surface area contributed by atoms with Gasteiger partial charge in [0, 0.05) is 11.1 Å². The number of nitrogens with one attached hydrogen (secondary N) is 1. The number of carbonyl (C=O) groups excluding carboxylic acids is 2. The monoisotopic (exact) mass is 350 g/mol. The van der Waals surface area contributed by atoms with Crippen molar-refractivity contribution in [2.24, 2.45) is 23.5 Å². The smallest absolute Gasteiger partial charge is 0.258 e. The number of primary amides is 1. The molecule has 130 valence electrons. The van der Waals surface area contributed by atoms with E-state index in [-0.39, 0.29) is 29.9 Å². The first kappa shape index (κ1) is 17.1. The Balaban J connectivity index is 1.53. The van der Waals surface area contributed by atoms with Gasteiger partial charge in [0.1, 0.15) is 5.75 Å². The molecule has 0 spiro atoms. The average Bonchev–Trinajstić information content (AvgIpc) is 3.16. The zero-order chi connectivity index (χ0) is 17.3. The molecule has 4 atom stereocenters. The maximum absolute atomic E-state index is 12.2. The van der Waals surface area contributed by atoms with Crippen LogP contribution in [0.15, 0.2) is 18.2 Å². The minimum Gasteiger partial charge on any atom is -0.483 e. The topological polar surface area (TPSA) is 81.4 Å². The second-order valence-electron chi connectivity index (χ2n) is 6.99. The van der Waals surface area contributed by atoms with E-state index in [0.717, 1.165) is 11.8 Å². The van der Waals surface area contributed by atoms with Gasteiger partial charge < -0.3 is 15.8 Å². The van der Waals surface area contributed by atoms with Crippen LogP contribution in [0.1, 0.15) is 43.0 Å². The number of benzene rings is 1. The highest BCUT2D eigenvalue weighted by atomic mass is 35.5. The van der Waals surface area contributed by atoms with Crippen LogP contribution < -0.4 is 15.8 Å². The van der Waals surface area contributed by atoms with E-state index in [1.165, 1.54) is 31.7 Å². The number of carbonyl (C=O) groups is 2. The third kappa shape index (κ3) is 3.66. The van der Waals surface area contributed by atoms with Gasteiger partial charge in [-0.25, -0.2) is 0 Å². The molecule has 0 radical (unpaired) electrons. The van der Waals surface area contributed by atoms with Crippen molar-refractivity contribution in [1.29, 1.82) is 0 Å². The Morgan fingerprint density at radius 2 is 2.17 bits per heavy atom. The first-order valence-electron chi connectivity index (χ1n) is 8.45. The number of amides is 2. The molecule has 2 aliphatic carbocycles. The van der Waals surface area contributed by atoms with Crippen LogP contribution in [0.25, 0.3) is 0 Å². The van der Waals surface area contributed by atoms with E-state index in [4.69, 9.17) is 22.1 Å². The Labute approximate surface area is 146 Å². The number of fused-ring (bicyclic) bond motifs is 2. The quantitative estimate of drug-likeness (QED) is 0.827. The van der Waals surface area contributed by atoms with Crippen LogP contribution in [0, 0.1) is 17.8 Å². The summed E-state index contributed by atoms with van der Waals surface area (Å²) in [6, 6.07) is 4.74. The summed E-state index contributed by atoms with van der Waals surface area (Å²) in [6.45, 7) is 1.92. The number of ether oxygens (including phenoxy) is 1. The van der Waals surface area contributed by atoms with Gasteiger partial charge in [0.2, 0.25) is 0 Å². The zero-order valence-electron chi connectivity index (χ0n) is 13.8. The van der Waals surface area contributed by atoms with Crippen LogP contribution in [-0.2, 0) is 4.79 Å². The van der Waals surface area contributed by atoms with Crippen LogP contribution in [0.4, 0.5) is 0 Å². The lowest BCUT2D eigenvalue weighted by Gasteiger charge is -2.28. The molecule has 24 heavy (non-hydrogen) atoms. The van der Waals surface area contributed by atoms with Crippen molar-refractivity contribution in [2.45, 2.75) is 38.6 Å². The fraction of sp³-hybridized carbons (Fsp3) is 0.556. The van der Waals surface area contributed by atoms with E-state index >= 15 is 0 Å². The van der Waals surface area contributed by atoms with E-state index in [1.807, 2.05) is 0 Å². The summed E-state index contributed by atoms with van der Waals surface area (Å²) in [4.78, 5) is 23.6. The second-order valence-corrected chi connectivity index (χ2v) is 7.42. The second kappa shape index (κ2) is 7.01. The number of hydrogen-bond acceptors (Lipinski definition) is 3. The van der Waals surface area contributed by atoms with Gasteiger partial charge >= 0.3 is 0 Å². The molecule has 4 unspecified atom stereocenters. The molecular weight excluding hydrogens is 328 g/mol. The van der Waals surface area contributed by atoms with Crippen LogP contribution in [0.5, 0.6) is 5.75 Å². The fourth-order valence-electron chi connectivity index (χ4n) is 4.27. The molecule has 1 aromatic carbocycles. The van der Waals surface area contributed by atoms with E-state index in [1.54, 1.807) is 12.1 Å². The Hall–Kier alpha value is -1.75. The largest absolute Gasteiger partial charge is 0.483 e. The summed E-state index contributed by atoms with van der Waals surface area (Å²) < 4.78 is 5.47. The zero-order valence-corrected chi connectivity index (χ0v) is 14.5. The van der Waals surface area contributed by atoms with E-state index < -0.39 is 5.91 Å². The maximum atomic E-state index is 12.2. The average molecular weight is 351 g/mol. The van der Waals surface area contributed by atoms with Gasteiger partial charge in [0.05, 0.1) is 5.56 Å². The Morgan fingerprint density at radius 3 is 2.79 bits per heavy atom. The highest BCUT2D eigenvalue weighted by molar-refractivity contribution is 6.31. The van der Waals surface area contributed by atoms with Crippen LogP contribution in [0.2, 0.25) is 5.02 Å². The standard InChI is InChI=1S/C18H23ClN2O3/c1-10(14-7-11-2-3-12(14)6-11)21-17(22)9-24-16-5-4-13(19)8-15(16)18(20)23/h4-5,8,10-12,14H,2-3,6-7,9H2,1H3,(H2,20,23)(H,21,22). The fourth-order valence-corrected chi connectivity index (χ4v) is 4.44. The predicted octanol–water partition coefficient (Wildman–Crippen LogP) is 2.76. The van der Waals surface area contributed by atoms with Crippen molar-refractivity contribution >= 4 is 23.4 Å². The summed E-state index contributed by atoms with van der Waals surface area (Å²) in [7, 11) is 0. The highest BCUT2D eigenvalue weighted by Gasteiger charge is 2.42. The molecule has 2 bridgehead atoms. The van der Waals surface area contributed by atoms with Gasteiger partial charge in [-0.1, -0.05) is 18.0 Å². The molecule has 5 nitrogen and oxygen atoms in total. The number of halogens is 1. The summed E-state index contributed by atoms with van der Waals surface area (Å²) in [6.07, 6.45) is 5.17. The lowest BCUT2D eigenvalue weighted by molar-refractivity contribution is -0.124. The molecule has 2 saturated carbocycles. The number of hydrogen-bond donors (Lipinski definition) is 2. The van der Waals surface area contributed by atoms with Crippen molar-refractivity contribution in [2.75, 3.05) is 6.61 Å². The first-order chi connectivity index (χ1) is 11.4. The molecule has 0 aromatic heterocycles. The molecule has 3 rings (SSSR count). The highest BCUT2D eigenvalue weighted by Crippen LogP contribution is 2.49. The molecule has 0 saturated heterocycles. The van der Waals surface area contributed by atoms with Crippen molar-refractivity contribution in [3.63, 3.8) is 0 Å². The predicted molar refractivity (Wildman–Crippen MR) is 92.0 cm³/mol. The molecule has 0 heterocycles. The molecule has 2 aliphatic rings. The van der Waals surface area contributed by atoms with E-state index in [2.05, 4.69) is 12.2 Å². The third-order valence-electron chi connectivity index (χ3n) is 5.39. The Morgan fingerprint density at radius 1 is 1.38 bits per heavy atom. The molecule has 0 aliphatic heterocycles. The Bertz CT molecular complexity index is 649. The van der Waals surface area contributed by atoms with Gasteiger partial charge in [-0.3, -0.25) is 9.59 Å². The minimum atomic E-state index is -0.636. The van der Waals surface area contributed by atoms with Crippen LogP contribution >= 0.6 is 11.6 Å². The molecule has 2 amide bonds. The number of rotatable bonds is 6. The maximum Gasteiger partial charge on any atom is 0.258 e. The van der Waals surface area contributed by atoms with Crippen LogP contribution in [-0.4, -0.2) is 24.5 Å². The van der Waals surface area contributed by atoms with Crippen molar-refractivity contribution in [1.82, 2.24) is 5.32 Å². The van der Waals surface area contributed by atoms with E-state index in [0.29, 0.717) is 10.9 Å². The lowest BCUT2D eigenvalue weighted by atomic mass is 9.84. The van der Waals surface area contributed by atoms with Gasteiger partial charge in [-0.2, -0.15) is 0 Å². The molecule has 2 fully saturated rings. The van der Waals surface area contributed by atoms with Crippen LogP contribution in [0.3, 0.4) is 0 Å². The SMILES string of the molecule is CC(NC(=O)COc1ccc(Cl)cc1C(N)=O)C1CC2CCC1C2. The summed E-state index contributed by atoms with van der Waals surface area (Å²) in [5, 5.41) is 3.42. The molecular formula is C18H23ClN2O3. The molecule has 6 heteroatoms. The van der Waals surface area contributed by atoms with Crippen molar-refractivity contribution < 1.29 is 14.3 Å². The molecule has 3 N–H and O–H groups in total. The van der Waals surface area contributed by atoms with Crippen molar-refractivity contribution in [3.8, 4) is 5.75 Å². The summed E-state index contributed by atoms with van der Waals surface area (Å²) in [5.41, 5.74) is 5.49.